The molecule has 1 aliphatic rings. The highest BCUT2D eigenvalue weighted by molar-refractivity contribution is 6.30. The molecular formula is C19H22ClN. The first-order valence-electron chi connectivity index (χ1n) is 7.74. The van der Waals surface area contributed by atoms with Crippen molar-refractivity contribution in [2.45, 2.75) is 44.6 Å². The van der Waals surface area contributed by atoms with Crippen LogP contribution in [0.2, 0.25) is 5.02 Å². The van der Waals surface area contributed by atoms with E-state index in [1.807, 2.05) is 12.1 Å². The van der Waals surface area contributed by atoms with Crippen molar-refractivity contribution >= 4 is 17.3 Å². The van der Waals surface area contributed by atoms with Crippen LogP contribution in [0.5, 0.6) is 0 Å². The molecule has 1 N–H and O–H groups in total. The van der Waals surface area contributed by atoms with Gasteiger partial charge in [-0.15, -0.1) is 0 Å². The SMILES string of the molecule is CC(C)c1ccc(NC2CC(c3cccc(Cl)c3)C2)cc1. The lowest BCUT2D eigenvalue weighted by Crippen LogP contribution is -2.33. The van der Waals surface area contributed by atoms with Crippen LogP contribution in [0, 0.1) is 0 Å². The third-order valence-corrected chi connectivity index (χ3v) is 4.64. The van der Waals surface area contributed by atoms with Crippen LogP contribution in [-0.2, 0) is 0 Å². The Bertz CT molecular complexity index is 597. The Kier molecular flexibility index (Phi) is 4.21. The first-order chi connectivity index (χ1) is 10.1. The maximum Gasteiger partial charge on any atom is 0.0408 e. The molecule has 0 bridgehead atoms. The number of hydrogen-bond donors (Lipinski definition) is 1. The zero-order valence-corrected chi connectivity index (χ0v) is 13.4. The van der Waals surface area contributed by atoms with Gasteiger partial charge in [-0.3, -0.25) is 0 Å². The zero-order valence-electron chi connectivity index (χ0n) is 12.6. The number of nitrogens with one attached hydrogen (secondary N) is 1. The van der Waals surface area contributed by atoms with Crippen LogP contribution in [0.25, 0.3) is 0 Å². The first kappa shape index (κ1) is 14.5. The summed E-state index contributed by atoms with van der Waals surface area (Å²) in [7, 11) is 0. The van der Waals surface area contributed by atoms with E-state index in [1.54, 1.807) is 0 Å². The van der Waals surface area contributed by atoms with Crippen LogP contribution in [-0.4, -0.2) is 6.04 Å². The molecule has 0 aromatic heterocycles. The molecule has 0 unspecified atom stereocenters. The normalized spacial score (nSPS) is 21.1. The summed E-state index contributed by atoms with van der Waals surface area (Å²) < 4.78 is 0. The van der Waals surface area contributed by atoms with E-state index in [-0.39, 0.29) is 0 Å². The molecule has 0 spiro atoms. The van der Waals surface area contributed by atoms with Gasteiger partial charge in [0.2, 0.25) is 0 Å². The van der Waals surface area contributed by atoms with E-state index >= 15 is 0 Å². The summed E-state index contributed by atoms with van der Waals surface area (Å²) >= 11 is 6.06. The molecule has 2 heteroatoms. The van der Waals surface area contributed by atoms with Gasteiger partial charge in [0.05, 0.1) is 0 Å². The fourth-order valence-electron chi connectivity index (χ4n) is 2.97. The summed E-state index contributed by atoms with van der Waals surface area (Å²) in [4.78, 5) is 0. The second-order valence-corrected chi connectivity index (χ2v) is 6.78. The lowest BCUT2D eigenvalue weighted by molar-refractivity contribution is 0.374. The molecule has 3 rings (SSSR count). The molecular weight excluding hydrogens is 278 g/mol. The molecule has 2 aromatic rings. The molecule has 110 valence electrons. The molecule has 2 aromatic carbocycles. The van der Waals surface area contributed by atoms with Gasteiger partial charge in [0, 0.05) is 16.8 Å². The highest BCUT2D eigenvalue weighted by Crippen LogP contribution is 2.39. The van der Waals surface area contributed by atoms with Crippen molar-refractivity contribution in [2.75, 3.05) is 5.32 Å². The number of halogens is 1. The predicted octanol–water partition coefficient (Wildman–Crippen LogP) is 5.82. The molecule has 0 saturated heterocycles. The standard InChI is InChI=1S/C19H22ClN/c1-13(2)14-6-8-18(9-7-14)21-19-11-16(12-19)15-4-3-5-17(20)10-15/h3-10,13,16,19,21H,11-12H2,1-2H3. The average Bonchev–Trinajstić information content (AvgIpc) is 2.43. The minimum atomic E-state index is 0.582. The van der Waals surface area contributed by atoms with Crippen LogP contribution in [0.3, 0.4) is 0 Å². The van der Waals surface area contributed by atoms with Gasteiger partial charge in [-0.25, -0.2) is 0 Å². The fourth-order valence-corrected chi connectivity index (χ4v) is 3.17. The van der Waals surface area contributed by atoms with E-state index in [2.05, 4.69) is 55.6 Å². The molecule has 1 fully saturated rings. The molecule has 1 nitrogen and oxygen atoms in total. The summed E-state index contributed by atoms with van der Waals surface area (Å²) in [6.45, 7) is 4.45. The van der Waals surface area contributed by atoms with E-state index in [4.69, 9.17) is 11.6 Å². The van der Waals surface area contributed by atoms with Crippen molar-refractivity contribution < 1.29 is 0 Å². The Labute approximate surface area is 132 Å². The van der Waals surface area contributed by atoms with Crippen LogP contribution in [0.1, 0.15) is 49.7 Å². The topological polar surface area (TPSA) is 12.0 Å². The van der Waals surface area contributed by atoms with Gasteiger partial charge in [0.1, 0.15) is 0 Å². The summed E-state index contributed by atoms with van der Waals surface area (Å²) in [5, 5.41) is 4.47. The van der Waals surface area contributed by atoms with E-state index < -0.39 is 0 Å². The van der Waals surface area contributed by atoms with Crippen molar-refractivity contribution in [3.8, 4) is 0 Å². The first-order valence-corrected chi connectivity index (χ1v) is 8.11. The number of rotatable bonds is 4. The molecule has 1 aliphatic carbocycles. The lowest BCUT2D eigenvalue weighted by Gasteiger charge is -2.37. The van der Waals surface area contributed by atoms with Crippen molar-refractivity contribution in [2.24, 2.45) is 0 Å². The van der Waals surface area contributed by atoms with Gasteiger partial charge >= 0.3 is 0 Å². The molecule has 1 saturated carbocycles. The molecule has 0 aliphatic heterocycles. The summed E-state index contributed by atoms with van der Waals surface area (Å²) in [5.41, 5.74) is 4.00. The Hall–Kier alpha value is -1.47. The van der Waals surface area contributed by atoms with Crippen molar-refractivity contribution in [3.05, 3.63) is 64.7 Å². The fraction of sp³-hybridized carbons (Fsp3) is 0.368. The molecule has 21 heavy (non-hydrogen) atoms. The lowest BCUT2D eigenvalue weighted by atomic mass is 9.76. The highest BCUT2D eigenvalue weighted by Gasteiger charge is 2.30. The smallest absolute Gasteiger partial charge is 0.0408 e. The second kappa shape index (κ2) is 6.11. The van der Waals surface area contributed by atoms with Gasteiger partial charge < -0.3 is 5.32 Å². The average molecular weight is 300 g/mol. The van der Waals surface area contributed by atoms with Crippen molar-refractivity contribution in [3.63, 3.8) is 0 Å². The Morgan fingerprint density at radius 2 is 1.76 bits per heavy atom. The van der Waals surface area contributed by atoms with E-state index in [0.29, 0.717) is 17.9 Å². The summed E-state index contributed by atoms with van der Waals surface area (Å²) in [6, 6.07) is 17.7. The van der Waals surface area contributed by atoms with E-state index in [1.165, 1.54) is 29.7 Å². The van der Waals surface area contributed by atoms with E-state index in [9.17, 15) is 0 Å². The van der Waals surface area contributed by atoms with Crippen LogP contribution < -0.4 is 5.32 Å². The van der Waals surface area contributed by atoms with Crippen LogP contribution in [0.15, 0.2) is 48.5 Å². The monoisotopic (exact) mass is 299 g/mol. The highest BCUT2D eigenvalue weighted by atomic mass is 35.5. The number of hydrogen-bond acceptors (Lipinski definition) is 1. The molecule has 0 atom stereocenters. The Balaban J connectivity index is 1.55. The van der Waals surface area contributed by atoms with Gasteiger partial charge in [-0.1, -0.05) is 49.7 Å². The number of benzene rings is 2. The van der Waals surface area contributed by atoms with Crippen LogP contribution >= 0.6 is 11.6 Å². The second-order valence-electron chi connectivity index (χ2n) is 6.34. The van der Waals surface area contributed by atoms with Crippen molar-refractivity contribution in [1.29, 1.82) is 0 Å². The van der Waals surface area contributed by atoms with Crippen LogP contribution in [0.4, 0.5) is 5.69 Å². The third kappa shape index (κ3) is 3.41. The van der Waals surface area contributed by atoms with Gasteiger partial charge in [-0.05, 0) is 60.1 Å². The largest absolute Gasteiger partial charge is 0.382 e. The molecule has 0 heterocycles. The third-order valence-electron chi connectivity index (χ3n) is 4.41. The Morgan fingerprint density at radius 3 is 2.38 bits per heavy atom. The van der Waals surface area contributed by atoms with Gasteiger partial charge in [-0.2, -0.15) is 0 Å². The van der Waals surface area contributed by atoms with Crippen molar-refractivity contribution in [1.82, 2.24) is 0 Å². The molecule has 0 radical (unpaired) electrons. The maximum absolute atomic E-state index is 6.06. The predicted molar refractivity (Wildman–Crippen MR) is 91.4 cm³/mol. The van der Waals surface area contributed by atoms with E-state index in [0.717, 1.165) is 5.02 Å². The number of anilines is 1. The minimum Gasteiger partial charge on any atom is -0.382 e. The maximum atomic E-state index is 6.06. The molecule has 0 amide bonds. The summed E-state index contributed by atoms with van der Waals surface area (Å²) in [6.07, 6.45) is 2.37. The Morgan fingerprint density at radius 1 is 1.05 bits per heavy atom. The van der Waals surface area contributed by atoms with Gasteiger partial charge in [0.15, 0.2) is 0 Å². The zero-order chi connectivity index (χ0) is 14.8. The summed E-state index contributed by atoms with van der Waals surface area (Å²) in [5.74, 6) is 1.24. The van der Waals surface area contributed by atoms with Gasteiger partial charge in [0.25, 0.3) is 0 Å². The minimum absolute atomic E-state index is 0.582. The quantitative estimate of drug-likeness (QED) is 0.750.